The van der Waals surface area contributed by atoms with Gasteiger partial charge in [-0.3, -0.25) is 4.90 Å². The lowest BCUT2D eigenvalue weighted by molar-refractivity contribution is -0.0134. The van der Waals surface area contributed by atoms with Crippen LogP contribution in [0.15, 0.2) is 18.2 Å². The average molecular weight is 311 g/mol. The zero-order chi connectivity index (χ0) is 16.4. The summed E-state index contributed by atoms with van der Waals surface area (Å²) in [4.78, 5) is 6.47. The highest BCUT2D eigenvalue weighted by atomic mass is 16.5. The number of hydrogen-bond donors (Lipinski definition) is 1. The van der Waals surface area contributed by atoms with E-state index in [0.29, 0.717) is 18.0 Å². The number of rotatable bonds is 2. The van der Waals surface area contributed by atoms with E-state index in [1.807, 2.05) is 6.07 Å². The Hall–Kier alpha value is -1.48. The predicted octanol–water partition coefficient (Wildman–Crippen LogP) is 3.94. The molecule has 3 nitrogen and oxygen atoms in total. The van der Waals surface area contributed by atoms with Gasteiger partial charge in [-0.25, -0.2) is 0 Å². The van der Waals surface area contributed by atoms with Gasteiger partial charge in [-0.15, -0.1) is 0 Å². The van der Waals surface area contributed by atoms with E-state index < -0.39 is 0 Å². The molecule has 1 saturated carbocycles. The minimum Gasteiger partial charge on any atom is -0.497 e. The van der Waals surface area contributed by atoms with Crippen LogP contribution in [0, 0.1) is 11.8 Å². The van der Waals surface area contributed by atoms with Gasteiger partial charge in [-0.1, -0.05) is 13.3 Å². The molecular weight excluding hydrogens is 284 g/mol. The van der Waals surface area contributed by atoms with Crippen LogP contribution in [-0.2, 0) is 6.42 Å². The molecule has 3 heteroatoms. The SMILES string of the molecule is [2H]c1cc(OC)cc2c3c([nH]c12)[C@@H]1C[C@H]2C[C@H](CC)[C@@H]1N(CC3)C2. The third-order valence-corrected chi connectivity index (χ3v) is 6.64. The molecule has 1 unspecified atom stereocenters. The summed E-state index contributed by atoms with van der Waals surface area (Å²) in [7, 11) is 1.69. The van der Waals surface area contributed by atoms with Crippen LogP contribution >= 0.6 is 0 Å². The normalized spacial score (nSPS) is 35.7. The summed E-state index contributed by atoms with van der Waals surface area (Å²) in [6.45, 7) is 4.82. The molecule has 5 atom stereocenters. The highest BCUT2D eigenvalue weighted by Crippen LogP contribution is 2.51. The molecule has 122 valence electrons. The quantitative estimate of drug-likeness (QED) is 0.910. The number of aromatic amines is 1. The maximum absolute atomic E-state index is 8.38. The third-order valence-electron chi connectivity index (χ3n) is 6.64. The van der Waals surface area contributed by atoms with Crippen LogP contribution in [0.5, 0.6) is 5.75 Å². The number of aromatic nitrogens is 1. The molecule has 0 radical (unpaired) electrons. The second-order valence-electron chi connectivity index (χ2n) is 7.69. The predicted molar refractivity (Wildman–Crippen MR) is 93.2 cm³/mol. The van der Waals surface area contributed by atoms with Crippen LogP contribution in [-0.4, -0.2) is 36.1 Å². The van der Waals surface area contributed by atoms with E-state index in [1.54, 1.807) is 7.11 Å². The monoisotopic (exact) mass is 311 g/mol. The van der Waals surface area contributed by atoms with Crippen molar-refractivity contribution >= 4 is 10.9 Å². The van der Waals surface area contributed by atoms with Gasteiger partial charge in [0.1, 0.15) is 5.75 Å². The molecule has 4 bridgehead atoms. The van der Waals surface area contributed by atoms with Gasteiger partial charge >= 0.3 is 0 Å². The Kier molecular flexibility index (Phi) is 2.80. The van der Waals surface area contributed by atoms with Crippen molar-refractivity contribution < 1.29 is 6.11 Å². The molecule has 1 aliphatic carbocycles. The number of piperidine rings is 2. The third kappa shape index (κ3) is 1.92. The molecule has 1 aromatic carbocycles. The fraction of sp³-hybridized carbons (Fsp3) is 0.600. The van der Waals surface area contributed by atoms with E-state index in [9.17, 15) is 0 Å². The van der Waals surface area contributed by atoms with E-state index in [1.165, 1.54) is 49.0 Å². The van der Waals surface area contributed by atoms with Crippen molar-refractivity contribution in [2.45, 2.75) is 44.6 Å². The van der Waals surface area contributed by atoms with Crippen molar-refractivity contribution in [3.8, 4) is 5.75 Å². The summed E-state index contributed by atoms with van der Waals surface area (Å²) in [6, 6.07) is 5.21. The molecule has 23 heavy (non-hydrogen) atoms. The van der Waals surface area contributed by atoms with E-state index in [4.69, 9.17) is 6.11 Å². The second-order valence-corrected chi connectivity index (χ2v) is 7.69. The molecule has 6 rings (SSSR count). The summed E-state index contributed by atoms with van der Waals surface area (Å²) in [5, 5.41) is 1.21. The maximum atomic E-state index is 8.38. The van der Waals surface area contributed by atoms with Crippen LogP contribution in [0.3, 0.4) is 0 Å². The molecule has 4 heterocycles. The molecule has 2 aromatic rings. The molecular formula is C20H26N2O. The van der Waals surface area contributed by atoms with Gasteiger partial charge in [0, 0.05) is 41.6 Å². The Balaban J connectivity index is 1.69. The number of H-pyrrole nitrogens is 1. The Morgan fingerprint density at radius 1 is 1.43 bits per heavy atom. The fourth-order valence-electron chi connectivity index (χ4n) is 5.72. The van der Waals surface area contributed by atoms with Crippen molar-refractivity contribution in [2.24, 2.45) is 11.8 Å². The van der Waals surface area contributed by atoms with Crippen molar-refractivity contribution in [3.63, 3.8) is 0 Å². The van der Waals surface area contributed by atoms with Crippen LogP contribution < -0.4 is 4.74 Å². The fourth-order valence-corrected chi connectivity index (χ4v) is 5.72. The zero-order valence-corrected chi connectivity index (χ0v) is 14.1. The van der Waals surface area contributed by atoms with Crippen molar-refractivity contribution in [3.05, 3.63) is 29.4 Å². The van der Waals surface area contributed by atoms with Gasteiger partial charge in [0.2, 0.25) is 0 Å². The summed E-state index contributed by atoms with van der Waals surface area (Å²) >= 11 is 0. The van der Waals surface area contributed by atoms with Crippen molar-refractivity contribution in [1.29, 1.82) is 0 Å². The number of methoxy groups -OCH3 is 1. The van der Waals surface area contributed by atoms with Gasteiger partial charge < -0.3 is 9.72 Å². The Labute approximate surface area is 139 Å². The minimum atomic E-state index is 0.558. The van der Waals surface area contributed by atoms with Crippen molar-refractivity contribution in [1.82, 2.24) is 9.88 Å². The van der Waals surface area contributed by atoms with E-state index in [2.05, 4.69) is 22.9 Å². The standard InChI is InChI=1S/C20H26N2O/c1-3-13-8-12-9-17-19-15(6-7-22(11-12)20(13)17)16-10-14(23-2)4-5-18(16)21-19/h4-5,10,12-13,17,20-21H,3,6-9,11H2,1-2H3/t12-,13+,17+,20+/m1/s1/i5D. The summed E-state index contributed by atoms with van der Waals surface area (Å²) in [5.41, 5.74) is 3.89. The van der Waals surface area contributed by atoms with Gasteiger partial charge in [-0.2, -0.15) is 0 Å². The van der Waals surface area contributed by atoms with Gasteiger partial charge in [-0.05, 0) is 54.8 Å². The molecule has 3 fully saturated rings. The Morgan fingerprint density at radius 3 is 3.17 bits per heavy atom. The zero-order valence-electron chi connectivity index (χ0n) is 15.1. The van der Waals surface area contributed by atoms with Gasteiger partial charge in [0.25, 0.3) is 0 Å². The van der Waals surface area contributed by atoms with Crippen LogP contribution in [0.4, 0.5) is 0 Å². The summed E-state index contributed by atoms with van der Waals surface area (Å²) < 4.78 is 13.8. The van der Waals surface area contributed by atoms with Crippen molar-refractivity contribution in [2.75, 3.05) is 20.2 Å². The van der Waals surface area contributed by atoms with Crippen LogP contribution in [0.25, 0.3) is 10.9 Å². The lowest BCUT2D eigenvalue weighted by Gasteiger charge is -2.53. The summed E-state index contributed by atoms with van der Waals surface area (Å²) in [6.07, 6.45) is 5.13. The molecule has 2 saturated heterocycles. The largest absolute Gasteiger partial charge is 0.497 e. The first-order chi connectivity index (χ1) is 11.7. The number of nitrogens with one attached hydrogen (secondary N) is 1. The number of ether oxygens (including phenoxy) is 1. The average Bonchev–Trinajstić information content (AvgIpc) is 2.93. The number of hydrogen-bond acceptors (Lipinski definition) is 2. The molecule has 0 spiro atoms. The Bertz CT molecular complexity index is 799. The number of nitrogens with zero attached hydrogens (tertiary/aromatic N) is 1. The first-order valence-corrected chi connectivity index (χ1v) is 9.12. The lowest BCUT2D eigenvalue weighted by atomic mass is 9.65. The van der Waals surface area contributed by atoms with E-state index >= 15 is 0 Å². The minimum absolute atomic E-state index is 0.558. The van der Waals surface area contributed by atoms with Gasteiger partial charge in [0.05, 0.1) is 8.48 Å². The first-order valence-electron chi connectivity index (χ1n) is 9.62. The molecule has 1 aromatic heterocycles. The number of fused-ring (bicyclic) bond motifs is 4. The van der Waals surface area contributed by atoms with E-state index in [-0.39, 0.29) is 0 Å². The summed E-state index contributed by atoms with van der Waals surface area (Å²) in [5.74, 6) is 3.12. The molecule has 1 N–H and O–H groups in total. The second kappa shape index (κ2) is 5.01. The van der Waals surface area contributed by atoms with Crippen LogP contribution in [0.1, 0.15) is 44.7 Å². The topological polar surface area (TPSA) is 28.3 Å². The molecule has 0 amide bonds. The van der Waals surface area contributed by atoms with Crippen LogP contribution in [0.2, 0.25) is 0 Å². The molecule has 4 aliphatic rings. The lowest BCUT2D eigenvalue weighted by Crippen LogP contribution is -2.56. The first kappa shape index (κ1) is 12.9. The van der Waals surface area contributed by atoms with E-state index in [0.717, 1.165) is 29.5 Å². The number of benzene rings is 1. The maximum Gasteiger partial charge on any atom is 0.119 e. The smallest absolute Gasteiger partial charge is 0.119 e. The van der Waals surface area contributed by atoms with Gasteiger partial charge in [0.15, 0.2) is 0 Å². The highest BCUT2D eigenvalue weighted by Gasteiger charge is 2.48. The Morgan fingerprint density at radius 2 is 2.35 bits per heavy atom. The highest BCUT2D eigenvalue weighted by molar-refractivity contribution is 5.86. The molecule has 3 aliphatic heterocycles.